The summed E-state index contributed by atoms with van der Waals surface area (Å²) in [7, 11) is 1.78. The molecule has 2 heterocycles. The molecule has 0 aliphatic carbocycles. The van der Waals surface area contributed by atoms with Crippen LogP contribution in [0.5, 0.6) is 0 Å². The molecule has 0 saturated heterocycles. The molecule has 104 valence electrons. The van der Waals surface area contributed by atoms with Crippen LogP contribution in [-0.2, 0) is 4.74 Å². The van der Waals surface area contributed by atoms with E-state index in [0.29, 0.717) is 30.7 Å². The molecule has 0 fully saturated rings. The third-order valence-electron chi connectivity index (χ3n) is 2.52. The molecule has 2 aromatic rings. The first-order chi connectivity index (χ1) is 9.20. The van der Waals surface area contributed by atoms with Gasteiger partial charge in [-0.2, -0.15) is 15.1 Å². The maximum atomic E-state index is 5.52. The summed E-state index contributed by atoms with van der Waals surface area (Å²) in [6, 6.07) is 0. The summed E-state index contributed by atoms with van der Waals surface area (Å²) < 4.78 is 5.52. The van der Waals surface area contributed by atoms with Gasteiger partial charge in [0.05, 0.1) is 18.2 Å². The maximum Gasteiger partial charge on any atom is 0.226 e. The van der Waals surface area contributed by atoms with Gasteiger partial charge in [0.15, 0.2) is 5.65 Å². The normalized spacial score (nSPS) is 11.2. The lowest BCUT2D eigenvalue weighted by molar-refractivity contribution is 0.118. The molecule has 0 bridgehead atoms. The molecule has 0 radical (unpaired) electrons. The molecule has 0 unspecified atom stereocenters. The summed E-state index contributed by atoms with van der Waals surface area (Å²) in [6.45, 7) is 6.38. The molecule has 2 rings (SSSR count). The Bertz CT molecular complexity index is 524. The Morgan fingerprint density at radius 1 is 1.37 bits per heavy atom. The van der Waals surface area contributed by atoms with E-state index in [-0.39, 0.29) is 0 Å². The standard InChI is InChI=1S/C12H20N6O/c1-8(2)7-19-5-4-14-10-9-6-15-18-11(9)17-12(13-3)16-10/h6,8H,4-5,7H2,1-3H3,(H3,13,14,15,16,17,18). The van der Waals surface area contributed by atoms with Crippen LogP contribution in [0, 0.1) is 5.92 Å². The largest absolute Gasteiger partial charge is 0.379 e. The van der Waals surface area contributed by atoms with E-state index in [1.165, 1.54) is 0 Å². The highest BCUT2D eigenvalue weighted by molar-refractivity contribution is 5.86. The van der Waals surface area contributed by atoms with Crippen LogP contribution in [0.15, 0.2) is 6.20 Å². The van der Waals surface area contributed by atoms with E-state index in [9.17, 15) is 0 Å². The van der Waals surface area contributed by atoms with E-state index in [2.05, 4.69) is 44.6 Å². The molecular formula is C12H20N6O. The number of anilines is 2. The molecular weight excluding hydrogens is 244 g/mol. The summed E-state index contributed by atoms with van der Waals surface area (Å²) in [4.78, 5) is 8.65. The van der Waals surface area contributed by atoms with Crippen molar-refractivity contribution in [3.63, 3.8) is 0 Å². The van der Waals surface area contributed by atoms with Gasteiger partial charge < -0.3 is 15.4 Å². The van der Waals surface area contributed by atoms with Crippen LogP contribution < -0.4 is 10.6 Å². The van der Waals surface area contributed by atoms with Crippen molar-refractivity contribution in [1.29, 1.82) is 0 Å². The first-order valence-electron chi connectivity index (χ1n) is 6.41. The summed E-state index contributed by atoms with van der Waals surface area (Å²) in [6.07, 6.45) is 1.71. The van der Waals surface area contributed by atoms with Crippen LogP contribution in [-0.4, -0.2) is 47.0 Å². The highest BCUT2D eigenvalue weighted by atomic mass is 16.5. The number of nitrogens with one attached hydrogen (secondary N) is 3. The van der Waals surface area contributed by atoms with Crippen LogP contribution in [0.1, 0.15) is 13.8 Å². The third kappa shape index (κ3) is 3.54. The minimum atomic E-state index is 0.551. The van der Waals surface area contributed by atoms with Crippen molar-refractivity contribution in [3.8, 4) is 0 Å². The Kier molecular flexibility index (Phi) is 4.51. The highest BCUT2D eigenvalue weighted by Crippen LogP contribution is 2.19. The van der Waals surface area contributed by atoms with Crippen molar-refractivity contribution >= 4 is 22.8 Å². The highest BCUT2D eigenvalue weighted by Gasteiger charge is 2.08. The average Bonchev–Trinajstić information content (AvgIpc) is 2.85. The average molecular weight is 264 g/mol. The zero-order valence-electron chi connectivity index (χ0n) is 11.5. The van der Waals surface area contributed by atoms with Gasteiger partial charge in [0, 0.05) is 20.2 Å². The van der Waals surface area contributed by atoms with E-state index in [1.54, 1.807) is 13.2 Å². The quantitative estimate of drug-likeness (QED) is 0.656. The molecule has 0 atom stereocenters. The second kappa shape index (κ2) is 6.33. The zero-order chi connectivity index (χ0) is 13.7. The molecule has 7 nitrogen and oxygen atoms in total. The van der Waals surface area contributed by atoms with E-state index in [4.69, 9.17) is 4.74 Å². The van der Waals surface area contributed by atoms with E-state index in [0.717, 1.165) is 17.8 Å². The molecule has 0 aliphatic rings. The van der Waals surface area contributed by atoms with Gasteiger partial charge in [0.25, 0.3) is 0 Å². The number of aromatic amines is 1. The van der Waals surface area contributed by atoms with Gasteiger partial charge in [-0.1, -0.05) is 13.8 Å². The summed E-state index contributed by atoms with van der Waals surface area (Å²) in [5.74, 6) is 1.87. The van der Waals surface area contributed by atoms with Crippen LogP contribution in [0.3, 0.4) is 0 Å². The molecule has 19 heavy (non-hydrogen) atoms. The first-order valence-corrected chi connectivity index (χ1v) is 6.41. The smallest absolute Gasteiger partial charge is 0.226 e. The Hall–Kier alpha value is -1.89. The third-order valence-corrected chi connectivity index (χ3v) is 2.52. The fraction of sp³-hybridized carbons (Fsp3) is 0.583. The number of hydrogen-bond donors (Lipinski definition) is 3. The number of rotatable bonds is 7. The van der Waals surface area contributed by atoms with Gasteiger partial charge in [0.2, 0.25) is 5.95 Å². The monoisotopic (exact) mass is 264 g/mol. The van der Waals surface area contributed by atoms with Crippen molar-refractivity contribution in [1.82, 2.24) is 20.2 Å². The van der Waals surface area contributed by atoms with Crippen molar-refractivity contribution in [3.05, 3.63) is 6.20 Å². The van der Waals surface area contributed by atoms with Crippen molar-refractivity contribution in [2.24, 2.45) is 5.92 Å². The van der Waals surface area contributed by atoms with Crippen LogP contribution in [0.2, 0.25) is 0 Å². The predicted octanol–water partition coefficient (Wildman–Crippen LogP) is 1.48. The first kappa shape index (κ1) is 13.5. The number of ether oxygens (including phenoxy) is 1. The Morgan fingerprint density at radius 2 is 2.21 bits per heavy atom. The van der Waals surface area contributed by atoms with Gasteiger partial charge in [-0.15, -0.1) is 0 Å². The van der Waals surface area contributed by atoms with Crippen molar-refractivity contribution in [2.45, 2.75) is 13.8 Å². The summed E-state index contributed by atoms with van der Waals surface area (Å²) in [5.41, 5.74) is 0.713. The van der Waals surface area contributed by atoms with E-state index < -0.39 is 0 Å². The lowest BCUT2D eigenvalue weighted by Crippen LogP contribution is -2.13. The number of nitrogens with zero attached hydrogens (tertiary/aromatic N) is 3. The minimum Gasteiger partial charge on any atom is -0.379 e. The summed E-state index contributed by atoms with van der Waals surface area (Å²) >= 11 is 0. The fourth-order valence-electron chi connectivity index (χ4n) is 1.64. The van der Waals surface area contributed by atoms with Gasteiger partial charge >= 0.3 is 0 Å². The Morgan fingerprint density at radius 3 is 2.95 bits per heavy atom. The molecule has 0 aromatic carbocycles. The number of aromatic nitrogens is 4. The zero-order valence-corrected chi connectivity index (χ0v) is 11.5. The number of H-pyrrole nitrogens is 1. The second-order valence-corrected chi connectivity index (χ2v) is 4.67. The predicted molar refractivity (Wildman–Crippen MR) is 75.4 cm³/mol. The lowest BCUT2D eigenvalue weighted by Gasteiger charge is -2.09. The van der Waals surface area contributed by atoms with E-state index in [1.807, 2.05) is 0 Å². The SMILES string of the molecule is CNc1nc(NCCOCC(C)C)c2cn[nH]c2n1. The molecule has 0 aliphatic heterocycles. The van der Waals surface area contributed by atoms with Gasteiger partial charge in [-0.3, -0.25) is 5.10 Å². The van der Waals surface area contributed by atoms with Crippen LogP contribution >= 0.6 is 0 Å². The Balaban J connectivity index is 1.97. The van der Waals surface area contributed by atoms with Crippen molar-refractivity contribution in [2.75, 3.05) is 37.4 Å². The summed E-state index contributed by atoms with van der Waals surface area (Å²) in [5, 5.41) is 13.9. The molecule has 0 spiro atoms. The molecule has 3 N–H and O–H groups in total. The maximum absolute atomic E-state index is 5.52. The van der Waals surface area contributed by atoms with Gasteiger partial charge in [0.1, 0.15) is 5.82 Å². The molecule has 0 amide bonds. The number of hydrogen-bond acceptors (Lipinski definition) is 6. The van der Waals surface area contributed by atoms with Gasteiger partial charge in [-0.25, -0.2) is 0 Å². The molecule has 0 saturated carbocycles. The van der Waals surface area contributed by atoms with Crippen LogP contribution in [0.4, 0.5) is 11.8 Å². The molecule has 7 heteroatoms. The van der Waals surface area contributed by atoms with E-state index >= 15 is 0 Å². The van der Waals surface area contributed by atoms with Crippen molar-refractivity contribution < 1.29 is 4.74 Å². The second-order valence-electron chi connectivity index (χ2n) is 4.67. The lowest BCUT2D eigenvalue weighted by atomic mass is 10.2. The topological polar surface area (TPSA) is 87.8 Å². The van der Waals surface area contributed by atoms with Crippen LogP contribution in [0.25, 0.3) is 11.0 Å². The molecule has 2 aromatic heterocycles. The minimum absolute atomic E-state index is 0.551. The van der Waals surface area contributed by atoms with Gasteiger partial charge in [-0.05, 0) is 5.92 Å². The fourth-order valence-corrected chi connectivity index (χ4v) is 1.64. The number of fused-ring (bicyclic) bond motifs is 1. The Labute approximate surface area is 112 Å².